The number of rotatable bonds is 4. The number of amides is 1. The normalized spacial score (nSPS) is 11.6. The number of carbonyl (C=O) groups is 1. The second-order valence-corrected chi connectivity index (χ2v) is 4.03. The summed E-state index contributed by atoms with van der Waals surface area (Å²) in [5.74, 6) is -0.558. The quantitative estimate of drug-likeness (QED) is 0.897. The molecule has 0 unspecified atom stereocenters. The SMILES string of the molecule is O=C(CNCC(F)(F)F)Nc1ccc2nccnc2c1. The molecule has 0 spiro atoms. The first-order valence-electron chi connectivity index (χ1n) is 5.72. The van der Waals surface area contributed by atoms with E-state index < -0.39 is 25.2 Å². The number of anilines is 1. The molecule has 0 saturated heterocycles. The summed E-state index contributed by atoms with van der Waals surface area (Å²) in [6.45, 7) is -1.62. The summed E-state index contributed by atoms with van der Waals surface area (Å²) >= 11 is 0. The second-order valence-electron chi connectivity index (χ2n) is 4.03. The molecule has 0 aliphatic rings. The minimum Gasteiger partial charge on any atom is -0.325 e. The Labute approximate surface area is 112 Å². The second kappa shape index (κ2) is 5.83. The van der Waals surface area contributed by atoms with Gasteiger partial charge in [0.25, 0.3) is 0 Å². The first-order chi connectivity index (χ1) is 9.44. The third-order valence-electron chi connectivity index (χ3n) is 2.36. The number of hydrogen-bond acceptors (Lipinski definition) is 4. The molecule has 20 heavy (non-hydrogen) atoms. The number of halogens is 3. The van der Waals surface area contributed by atoms with Crippen molar-refractivity contribution in [2.45, 2.75) is 6.18 Å². The van der Waals surface area contributed by atoms with Gasteiger partial charge in [0.15, 0.2) is 0 Å². The van der Waals surface area contributed by atoms with E-state index >= 15 is 0 Å². The summed E-state index contributed by atoms with van der Waals surface area (Å²) in [7, 11) is 0. The van der Waals surface area contributed by atoms with E-state index in [1.807, 2.05) is 5.32 Å². The van der Waals surface area contributed by atoms with Gasteiger partial charge in [0.1, 0.15) is 0 Å². The van der Waals surface area contributed by atoms with Crippen LogP contribution in [0.25, 0.3) is 11.0 Å². The summed E-state index contributed by atoms with van der Waals surface area (Å²) in [5.41, 5.74) is 1.71. The van der Waals surface area contributed by atoms with Crippen LogP contribution in [-0.2, 0) is 4.79 Å². The van der Waals surface area contributed by atoms with Crippen molar-refractivity contribution < 1.29 is 18.0 Å². The molecule has 0 fully saturated rings. The first-order valence-corrected chi connectivity index (χ1v) is 5.72. The van der Waals surface area contributed by atoms with Crippen molar-refractivity contribution in [2.24, 2.45) is 0 Å². The number of benzene rings is 1. The molecule has 0 aliphatic heterocycles. The lowest BCUT2D eigenvalue weighted by atomic mass is 10.2. The van der Waals surface area contributed by atoms with Crippen molar-refractivity contribution in [1.29, 1.82) is 0 Å². The van der Waals surface area contributed by atoms with Gasteiger partial charge in [0.2, 0.25) is 5.91 Å². The molecule has 1 amide bonds. The molecule has 2 N–H and O–H groups in total. The maximum Gasteiger partial charge on any atom is 0.401 e. The van der Waals surface area contributed by atoms with Gasteiger partial charge in [0, 0.05) is 18.1 Å². The van der Waals surface area contributed by atoms with Crippen LogP contribution in [0.1, 0.15) is 0 Å². The zero-order chi connectivity index (χ0) is 14.6. The molecule has 0 radical (unpaired) electrons. The van der Waals surface area contributed by atoms with Crippen LogP contribution < -0.4 is 10.6 Å². The van der Waals surface area contributed by atoms with Gasteiger partial charge in [-0.05, 0) is 18.2 Å². The highest BCUT2D eigenvalue weighted by molar-refractivity contribution is 5.94. The van der Waals surface area contributed by atoms with Gasteiger partial charge in [-0.25, -0.2) is 0 Å². The molecule has 2 rings (SSSR count). The fourth-order valence-electron chi connectivity index (χ4n) is 1.56. The van der Waals surface area contributed by atoms with E-state index in [-0.39, 0.29) is 0 Å². The number of nitrogens with zero attached hydrogens (tertiary/aromatic N) is 2. The van der Waals surface area contributed by atoms with Gasteiger partial charge >= 0.3 is 6.18 Å². The lowest BCUT2D eigenvalue weighted by Crippen LogP contribution is -2.35. The summed E-state index contributed by atoms with van der Waals surface area (Å²) in [6.07, 6.45) is -1.28. The van der Waals surface area contributed by atoms with E-state index in [0.717, 1.165) is 0 Å². The molecule has 2 aromatic rings. The molecule has 1 aromatic heterocycles. The lowest BCUT2D eigenvalue weighted by molar-refractivity contribution is -0.126. The predicted molar refractivity (Wildman–Crippen MR) is 67.1 cm³/mol. The molecule has 1 aromatic carbocycles. The van der Waals surface area contributed by atoms with E-state index in [1.165, 1.54) is 6.20 Å². The fraction of sp³-hybridized carbons (Fsp3) is 0.250. The summed E-state index contributed by atoms with van der Waals surface area (Å²) in [6, 6.07) is 4.88. The summed E-state index contributed by atoms with van der Waals surface area (Å²) in [5, 5.41) is 4.50. The average Bonchev–Trinajstić information content (AvgIpc) is 2.37. The predicted octanol–water partition coefficient (Wildman–Crippen LogP) is 1.72. The Hall–Kier alpha value is -2.22. The molecular formula is C12H11F3N4O. The molecule has 0 aliphatic carbocycles. The highest BCUT2D eigenvalue weighted by atomic mass is 19.4. The number of carbonyl (C=O) groups excluding carboxylic acids is 1. The van der Waals surface area contributed by atoms with Crippen molar-refractivity contribution in [1.82, 2.24) is 15.3 Å². The van der Waals surface area contributed by atoms with Crippen LogP contribution in [0.3, 0.4) is 0 Å². The van der Waals surface area contributed by atoms with E-state index in [0.29, 0.717) is 16.7 Å². The van der Waals surface area contributed by atoms with Gasteiger partial charge < -0.3 is 10.6 Å². The number of nitrogens with one attached hydrogen (secondary N) is 2. The molecule has 0 saturated carbocycles. The average molecular weight is 284 g/mol. The highest BCUT2D eigenvalue weighted by Gasteiger charge is 2.26. The van der Waals surface area contributed by atoms with Gasteiger partial charge in [-0.15, -0.1) is 0 Å². The van der Waals surface area contributed by atoms with Crippen molar-refractivity contribution in [2.75, 3.05) is 18.4 Å². The van der Waals surface area contributed by atoms with E-state index in [2.05, 4.69) is 15.3 Å². The number of alkyl halides is 3. The largest absolute Gasteiger partial charge is 0.401 e. The summed E-state index contributed by atoms with van der Waals surface area (Å²) < 4.78 is 35.7. The van der Waals surface area contributed by atoms with E-state index in [1.54, 1.807) is 24.4 Å². The zero-order valence-electron chi connectivity index (χ0n) is 10.2. The van der Waals surface area contributed by atoms with Gasteiger partial charge in [-0.1, -0.05) is 0 Å². The Morgan fingerprint density at radius 3 is 2.55 bits per heavy atom. The molecule has 0 atom stereocenters. The molecule has 5 nitrogen and oxygen atoms in total. The topological polar surface area (TPSA) is 66.9 Å². The van der Waals surface area contributed by atoms with Crippen molar-refractivity contribution >= 4 is 22.6 Å². The first kappa shape index (κ1) is 14.2. The summed E-state index contributed by atoms with van der Waals surface area (Å²) in [4.78, 5) is 19.6. The van der Waals surface area contributed by atoms with Gasteiger partial charge in [-0.3, -0.25) is 14.8 Å². The minimum absolute atomic E-state index is 0.419. The smallest absolute Gasteiger partial charge is 0.325 e. The van der Waals surface area contributed by atoms with E-state index in [9.17, 15) is 18.0 Å². The van der Waals surface area contributed by atoms with Crippen LogP contribution in [0.4, 0.5) is 18.9 Å². The van der Waals surface area contributed by atoms with Crippen LogP contribution >= 0.6 is 0 Å². The van der Waals surface area contributed by atoms with Crippen LogP contribution in [0, 0.1) is 0 Å². The molecule has 8 heteroatoms. The monoisotopic (exact) mass is 284 g/mol. The Morgan fingerprint density at radius 1 is 1.15 bits per heavy atom. The Kier molecular flexibility index (Phi) is 4.14. The minimum atomic E-state index is -4.33. The Balaban J connectivity index is 1.92. The third kappa shape index (κ3) is 4.16. The number of fused-ring (bicyclic) bond motifs is 1. The fourth-order valence-corrected chi connectivity index (χ4v) is 1.56. The Morgan fingerprint density at radius 2 is 1.85 bits per heavy atom. The molecule has 106 valence electrons. The Bertz CT molecular complexity index is 615. The standard InChI is InChI=1S/C12H11F3N4O/c13-12(14,15)7-16-6-11(20)19-8-1-2-9-10(5-8)18-4-3-17-9/h1-5,16H,6-7H2,(H,19,20). The van der Waals surface area contributed by atoms with Crippen LogP contribution in [-0.4, -0.2) is 35.1 Å². The van der Waals surface area contributed by atoms with Gasteiger partial charge in [0.05, 0.1) is 24.1 Å². The van der Waals surface area contributed by atoms with Crippen LogP contribution in [0.5, 0.6) is 0 Å². The van der Waals surface area contributed by atoms with E-state index in [4.69, 9.17) is 0 Å². The van der Waals surface area contributed by atoms with Crippen LogP contribution in [0.2, 0.25) is 0 Å². The molecular weight excluding hydrogens is 273 g/mol. The maximum atomic E-state index is 11.9. The van der Waals surface area contributed by atoms with Gasteiger partial charge in [-0.2, -0.15) is 13.2 Å². The van der Waals surface area contributed by atoms with Crippen LogP contribution in [0.15, 0.2) is 30.6 Å². The lowest BCUT2D eigenvalue weighted by Gasteiger charge is -2.09. The van der Waals surface area contributed by atoms with Crippen molar-refractivity contribution in [3.63, 3.8) is 0 Å². The van der Waals surface area contributed by atoms with Crippen molar-refractivity contribution in [3.8, 4) is 0 Å². The van der Waals surface area contributed by atoms with Crippen molar-refractivity contribution in [3.05, 3.63) is 30.6 Å². The number of hydrogen-bond donors (Lipinski definition) is 2. The molecule has 1 heterocycles. The zero-order valence-corrected chi connectivity index (χ0v) is 10.2. The maximum absolute atomic E-state index is 11.9. The number of aromatic nitrogens is 2. The third-order valence-corrected chi connectivity index (χ3v) is 2.36. The molecule has 0 bridgehead atoms. The highest BCUT2D eigenvalue weighted by Crippen LogP contribution is 2.15.